The number of rotatable bonds is 9. The third-order valence-electron chi connectivity index (χ3n) is 2.56. The van der Waals surface area contributed by atoms with Crippen LogP contribution in [0.3, 0.4) is 0 Å². The first-order chi connectivity index (χ1) is 9.44. The molecular formula is C13H20N2O4S. The van der Waals surface area contributed by atoms with E-state index in [1.807, 2.05) is 6.26 Å². The van der Waals surface area contributed by atoms with Crippen LogP contribution >= 0.6 is 11.8 Å². The largest absolute Gasteiger partial charge is 0.492 e. The highest BCUT2D eigenvalue weighted by Crippen LogP contribution is 2.17. The van der Waals surface area contributed by atoms with E-state index in [0.717, 1.165) is 0 Å². The van der Waals surface area contributed by atoms with Crippen molar-refractivity contribution in [2.75, 3.05) is 31.7 Å². The van der Waals surface area contributed by atoms with Crippen LogP contribution in [0.4, 0.5) is 5.69 Å². The molecule has 0 aromatic heterocycles. The number of nitro benzene ring substituents is 1. The van der Waals surface area contributed by atoms with E-state index in [1.165, 1.54) is 12.1 Å². The maximum Gasteiger partial charge on any atom is 0.269 e. The van der Waals surface area contributed by atoms with Gasteiger partial charge in [-0.2, -0.15) is 11.8 Å². The minimum Gasteiger partial charge on any atom is -0.492 e. The highest BCUT2D eigenvalue weighted by Gasteiger charge is 2.18. The second-order valence-electron chi connectivity index (χ2n) is 4.71. The molecule has 0 bridgehead atoms. The fourth-order valence-electron chi connectivity index (χ4n) is 1.62. The predicted octanol–water partition coefficient (Wildman–Crippen LogP) is 1.68. The maximum atomic E-state index is 10.5. The topological polar surface area (TPSA) is 84.6 Å². The number of hydrogen-bond donors (Lipinski definition) is 2. The van der Waals surface area contributed by atoms with Crippen molar-refractivity contribution in [2.24, 2.45) is 0 Å². The zero-order valence-corrected chi connectivity index (χ0v) is 12.5. The monoisotopic (exact) mass is 300 g/mol. The second kappa shape index (κ2) is 8.08. The van der Waals surface area contributed by atoms with Crippen LogP contribution in [-0.2, 0) is 0 Å². The van der Waals surface area contributed by atoms with Crippen LogP contribution in [0, 0.1) is 10.1 Å². The van der Waals surface area contributed by atoms with E-state index in [1.54, 1.807) is 30.8 Å². The molecule has 7 heteroatoms. The fourth-order valence-corrected chi connectivity index (χ4v) is 2.35. The molecule has 20 heavy (non-hydrogen) atoms. The van der Waals surface area contributed by atoms with Gasteiger partial charge in [-0.1, -0.05) is 0 Å². The first-order valence-electron chi connectivity index (χ1n) is 6.24. The summed E-state index contributed by atoms with van der Waals surface area (Å²) >= 11 is 1.60. The van der Waals surface area contributed by atoms with Crippen molar-refractivity contribution in [1.29, 1.82) is 0 Å². The van der Waals surface area contributed by atoms with Gasteiger partial charge in [0, 0.05) is 31.0 Å². The normalized spacial score (nSPS) is 13.8. The van der Waals surface area contributed by atoms with Crippen molar-refractivity contribution in [3.63, 3.8) is 0 Å². The number of nitrogens with one attached hydrogen (secondary N) is 1. The molecule has 0 saturated carbocycles. The molecule has 6 nitrogen and oxygen atoms in total. The van der Waals surface area contributed by atoms with Crippen molar-refractivity contribution in [2.45, 2.75) is 12.5 Å². The van der Waals surface area contributed by atoms with Crippen LogP contribution in [0.15, 0.2) is 24.3 Å². The van der Waals surface area contributed by atoms with Crippen LogP contribution in [0.2, 0.25) is 0 Å². The van der Waals surface area contributed by atoms with Gasteiger partial charge in [0.25, 0.3) is 5.69 Å². The molecule has 0 amide bonds. The summed E-state index contributed by atoms with van der Waals surface area (Å²) in [5.41, 5.74) is -0.684. The molecule has 0 aliphatic heterocycles. The molecule has 1 aromatic rings. The predicted molar refractivity (Wildman–Crippen MR) is 80.5 cm³/mol. The van der Waals surface area contributed by atoms with Crippen LogP contribution in [0.1, 0.15) is 6.92 Å². The van der Waals surface area contributed by atoms with Gasteiger partial charge in [0.1, 0.15) is 12.4 Å². The lowest BCUT2D eigenvalue weighted by Gasteiger charge is -2.22. The Morgan fingerprint density at radius 3 is 2.65 bits per heavy atom. The Hall–Kier alpha value is -1.31. The molecule has 2 N–H and O–H groups in total. The van der Waals surface area contributed by atoms with Crippen LogP contribution < -0.4 is 10.1 Å². The summed E-state index contributed by atoms with van der Waals surface area (Å²) in [7, 11) is 0. The fraction of sp³-hybridized carbons (Fsp3) is 0.538. The number of ether oxygens (including phenoxy) is 1. The lowest BCUT2D eigenvalue weighted by molar-refractivity contribution is -0.384. The molecule has 0 fully saturated rings. The molecule has 0 aliphatic rings. The van der Waals surface area contributed by atoms with E-state index in [-0.39, 0.29) is 5.69 Å². The molecule has 0 radical (unpaired) electrons. The molecule has 0 spiro atoms. The van der Waals surface area contributed by atoms with Crippen molar-refractivity contribution < 1.29 is 14.8 Å². The zero-order valence-electron chi connectivity index (χ0n) is 11.7. The summed E-state index contributed by atoms with van der Waals surface area (Å²) in [5, 5.41) is 23.5. The smallest absolute Gasteiger partial charge is 0.269 e. The van der Waals surface area contributed by atoms with Gasteiger partial charge in [0.05, 0.1) is 10.5 Å². The van der Waals surface area contributed by atoms with Gasteiger partial charge in [0.15, 0.2) is 0 Å². The molecule has 0 saturated heterocycles. The van der Waals surface area contributed by atoms with Gasteiger partial charge in [-0.25, -0.2) is 0 Å². The summed E-state index contributed by atoms with van der Waals surface area (Å²) in [4.78, 5) is 10.0. The summed E-state index contributed by atoms with van der Waals surface area (Å²) in [6.45, 7) is 3.32. The third-order valence-corrected chi connectivity index (χ3v) is 3.47. The average molecular weight is 300 g/mol. The molecule has 0 heterocycles. The van der Waals surface area contributed by atoms with Gasteiger partial charge in [-0.3, -0.25) is 10.1 Å². The first kappa shape index (κ1) is 16.7. The van der Waals surface area contributed by atoms with E-state index >= 15 is 0 Å². The Bertz CT molecular complexity index is 423. The first-order valence-corrected chi connectivity index (χ1v) is 7.63. The summed E-state index contributed by atoms with van der Waals surface area (Å²) in [6, 6.07) is 5.96. The van der Waals surface area contributed by atoms with E-state index in [4.69, 9.17) is 4.74 Å². The molecule has 1 atom stereocenters. The highest BCUT2D eigenvalue weighted by molar-refractivity contribution is 7.98. The summed E-state index contributed by atoms with van der Waals surface area (Å²) < 4.78 is 5.44. The minimum atomic E-state index is -0.729. The van der Waals surface area contributed by atoms with Crippen LogP contribution in [-0.4, -0.2) is 47.3 Å². The third kappa shape index (κ3) is 6.23. The van der Waals surface area contributed by atoms with Gasteiger partial charge in [-0.05, 0) is 25.3 Å². The molecule has 112 valence electrons. The van der Waals surface area contributed by atoms with Crippen molar-refractivity contribution >= 4 is 17.4 Å². The van der Waals surface area contributed by atoms with Gasteiger partial charge >= 0.3 is 0 Å². The van der Waals surface area contributed by atoms with Crippen molar-refractivity contribution in [1.82, 2.24) is 5.32 Å². The lowest BCUT2D eigenvalue weighted by Crippen LogP contribution is -2.41. The Labute approximate surface area is 122 Å². The van der Waals surface area contributed by atoms with E-state index in [2.05, 4.69) is 5.32 Å². The number of non-ortho nitro benzene ring substituents is 1. The molecule has 1 unspecified atom stereocenters. The lowest BCUT2D eigenvalue weighted by atomic mass is 10.1. The maximum absolute atomic E-state index is 10.5. The standard InChI is InChI=1S/C13H20N2O4S/c1-13(16,10-20-2)9-14-7-8-19-12-5-3-11(4-6-12)15(17)18/h3-6,14,16H,7-10H2,1-2H3. The Balaban J connectivity index is 2.23. The number of nitrogens with zero attached hydrogens (tertiary/aromatic N) is 1. The molecule has 0 aliphatic carbocycles. The quantitative estimate of drug-likeness (QED) is 0.410. The summed E-state index contributed by atoms with van der Waals surface area (Å²) in [6.07, 6.45) is 1.95. The van der Waals surface area contributed by atoms with E-state index in [0.29, 0.717) is 31.2 Å². The number of thioether (sulfide) groups is 1. The van der Waals surface area contributed by atoms with Gasteiger partial charge in [0.2, 0.25) is 0 Å². The minimum absolute atomic E-state index is 0.0450. The number of benzene rings is 1. The Morgan fingerprint density at radius 1 is 1.45 bits per heavy atom. The van der Waals surface area contributed by atoms with Crippen molar-refractivity contribution in [3.05, 3.63) is 34.4 Å². The van der Waals surface area contributed by atoms with Crippen LogP contribution in [0.25, 0.3) is 0 Å². The van der Waals surface area contributed by atoms with Crippen molar-refractivity contribution in [3.8, 4) is 5.75 Å². The van der Waals surface area contributed by atoms with E-state index < -0.39 is 10.5 Å². The number of aliphatic hydroxyl groups is 1. The molecular weight excluding hydrogens is 280 g/mol. The number of hydrogen-bond acceptors (Lipinski definition) is 6. The van der Waals surface area contributed by atoms with Gasteiger partial charge in [-0.15, -0.1) is 0 Å². The zero-order chi connectivity index (χ0) is 15.0. The molecule has 1 rings (SSSR count). The average Bonchev–Trinajstić information content (AvgIpc) is 2.38. The molecule has 1 aromatic carbocycles. The highest BCUT2D eigenvalue weighted by atomic mass is 32.2. The Kier molecular flexibility index (Phi) is 6.77. The Morgan fingerprint density at radius 2 is 2.10 bits per heavy atom. The van der Waals surface area contributed by atoms with E-state index in [9.17, 15) is 15.2 Å². The second-order valence-corrected chi connectivity index (χ2v) is 5.57. The van der Waals surface area contributed by atoms with Crippen LogP contribution in [0.5, 0.6) is 5.75 Å². The number of nitro groups is 1. The summed E-state index contributed by atoms with van der Waals surface area (Å²) in [5.74, 6) is 1.26. The SMILES string of the molecule is CSCC(C)(O)CNCCOc1ccc([N+](=O)[O-])cc1. The van der Waals surface area contributed by atoms with Gasteiger partial charge < -0.3 is 15.2 Å².